The van der Waals surface area contributed by atoms with E-state index in [-0.39, 0.29) is 5.56 Å². The number of carboxylic acid groups (broad SMARTS) is 1. The molecular formula is C22H21ClN4O2. The molecule has 0 atom stereocenters. The first-order valence-electron chi connectivity index (χ1n) is 9.57. The molecule has 148 valence electrons. The van der Waals surface area contributed by atoms with Gasteiger partial charge in [0.2, 0.25) is 0 Å². The minimum absolute atomic E-state index is 0.217. The number of aryl methyl sites for hydroxylation is 1. The molecule has 0 amide bonds. The number of imidazole rings is 1. The SMILES string of the molecule is CCCCc1nc(Cl)cn1Cc1ccc2nn(-c3ccccc3C(=O)O)cc2c1. The number of aromatic nitrogens is 4. The third kappa shape index (κ3) is 4.03. The van der Waals surface area contributed by atoms with Crippen molar-refractivity contribution in [3.8, 4) is 5.69 Å². The topological polar surface area (TPSA) is 72.9 Å². The van der Waals surface area contributed by atoms with Gasteiger partial charge in [-0.05, 0) is 36.2 Å². The van der Waals surface area contributed by atoms with Crippen LogP contribution in [-0.2, 0) is 13.0 Å². The molecule has 0 spiro atoms. The van der Waals surface area contributed by atoms with Crippen molar-refractivity contribution in [2.24, 2.45) is 0 Å². The maximum atomic E-state index is 11.5. The highest BCUT2D eigenvalue weighted by Gasteiger charge is 2.13. The number of benzene rings is 2. The zero-order chi connectivity index (χ0) is 20.4. The van der Waals surface area contributed by atoms with Crippen molar-refractivity contribution < 1.29 is 9.90 Å². The second-order valence-corrected chi connectivity index (χ2v) is 7.39. The van der Waals surface area contributed by atoms with Gasteiger partial charge in [0.1, 0.15) is 11.0 Å². The number of nitrogens with zero attached hydrogens (tertiary/aromatic N) is 4. The van der Waals surface area contributed by atoms with Crippen LogP contribution in [0.5, 0.6) is 0 Å². The smallest absolute Gasteiger partial charge is 0.337 e. The Balaban J connectivity index is 1.66. The van der Waals surface area contributed by atoms with Crippen molar-refractivity contribution >= 4 is 28.5 Å². The second-order valence-electron chi connectivity index (χ2n) is 7.00. The van der Waals surface area contributed by atoms with Crippen LogP contribution in [0.1, 0.15) is 41.5 Å². The average Bonchev–Trinajstić information content (AvgIpc) is 3.29. The van der Waals surface area contributed by atoms with Crippen molar-refractivity contribution in [3.63, 3.8) is 0 Å². The number of carbonyl (C=O) groups is 1. The summed E-state index contributed by atoms with van der Waals surface area (Å²) < 4.78 is 3.71. The minimum Gasteiger partial charge on any atom is -0.478 e. The molecule has 6 nitrogen and oxygen atoms in total. The van der Waals surface area contributed by atoms with E-state index in [1.54, 1.807) is 28.9 Å². The van der Waals surface area contributed by atoms with Crippen molar-refractivity contribution in [1.82, 2.24) is 19.3 Å². The van der Waals surface area contributed by atoms with Crippen LogP contribution in [0, 0.1) is 0 Å². The van der Waals surface area contributed by atoms with E-state index in [2.05, 4.69) is 27.6 Å². The monoisotopic (exact) mass is 408 g/mol. The molecule has 0 fully saturated rings. The molecule has 0 saturated carbocycles. The van der Waals surface area contributed by atoms with Gasteiger partial charge >= 0.3 is 5.97 Å². The lowest BCUT2D eigenvalue weighted by Gasteiger charge is -2.07. The van der Waals surface area contributed by atoms with Crippen LogP contribution in [0.4, 0.5) is 0 Å². The second kappa shape index (κ2) is 8.09. The molecule has 0 unspecified atom stereocenters. The third-order valence-corrected chi connectivity index (χ3v) is 5.07. The number of rotatable bonds is 7. The number of fused-ring (bicyclic) bond motifs is 1. The number of carboxylic acids is 1. The first kappa shape index (κ1) is 19.2. The highest BCUT2D eigenvalue weighted by atomic mass is 35.5. The lowest BCUT2D eigenvalue weighted by atomic mass is 10.1. The molecule has 29 heavy (non-hydrogen) atoms. The van der Waals surface area contributed by atoms with Crippen LogP contribution in [0.25, 0.3) is 16.6 Å². The number of aromatic carboxylic acids is 1. The van der Waals surface area contributed by atoms with Gasteiger partial charge in [-0.2, -0.15) is 5.10 Å². The van der Waals surface area contributed by atoms with E-state index in [0.717, 1.165) is 41.6 Å². The Morgan fingerprint density at radius 1 is 1.17 bits per heavy atom. The van der Waals surface area contributed by atoms with Gasteiger partial charge in [-0.1, -0.05) is 43.1 Å². The number of para-hydroxylation sites is 1. The van der Waals surface area contributed by atoms with Crippen LogP contribution in [0.3, 0.4) is 0 Å². The number of unbranched alkanes of at least 4 members (excludes halogenated alkanes) is 1. The summed E-state index contributed by atoms with van der Waals surface area (Å²) in [6.45, 7) is 2.83. The van der Waals surface area contributed by atoms with Gasteiger partial charge in [-0.15, -0.1) is 0 Å². The Hall–Kier alpha value is -3.12. The summed E-state index contributed by atoms with van der Waals surface area (Å²) in [7, 11) is 0. The van der Waals surface area contributed by atoms with Gasteiger partial charge in [0, 0.05) is 30.7 Å². The lowest BCUT2D eigenvalue weighted by Crippen LogP contribution is -2.05. The maximum Gasteiger partial charge on any atom is 0.337 e. The standard InChI is InChI=1S/C22H21ClN4O2/c1-2-3-8-21-24-20(23)14-26(21)12-15-9-10-18-16(11-15)13-27(25-18)19-7-5-4-6-17(19)22(28)29/h4-7,9-11,13-14H,2-3,8,12H2,1H3,(H,28,29). The fraction of sp³-hybridized carbons (Fsp3) is 0.227. The Labute approximate surface area is 173 Å². The molecule has 2 aromatic carbocycles. The third-order valence-electron chi connectivity index (χ3n) is 4.89. The van der Waals surface area contributed by atoms with E-state index >= 15 is 0 Å². The predicted octanol–water partition coefficient (Wildman–Crippen LogP) is 4.96. The molecule has 0 radical (unpaired) electrons. The summed E-state index contributed by atoms with van der Waals surface area (Å²) in [4.78, 5) is 15.9. The Morgan fingerprint density at radius 3 is 2.79 bits per heavy atom. The number of halogens is 1. The van der Waals surface area contributed by atoms with Crippen molar-refractivity contribution in [1.29, 1.82) is 0 Å². The quantitative estimate of drug-likeness (QED) is 0.468. The van der Waals surface area contributed by atoms with Gasteiger partial charge in [0.15, 0.2) is 0 Å². The molecule has 2 aromatic heterocycles. The number of hydrogen-bond acceptors (Lipinski definition) is 3. The summed E-state index contributed by atoms with van der Waals surface area (Å²) in [5.41, 5.74) is 2.68. The van der Waals surface area contributed by atoms with Crippen LogP contribution >= 0.6 is 11.6 Å². The fourth-order valence-electron chi connectivity index (χ4n) is 3.44. The van der Waals surface area contributed by atoms with Crippen LogP contribution < -0.4 is 0 Å². The zero-order valence-electron chi connectivity index (χ0n) is 16.0. The molecule has 4 aromatic rings. The summed E-state index contributed by atoms with van der Waals surface area (Å²) in [6, 6.07) is 12.9. The molecule has 0 saturated heterocycles. The van der Waals surface area contributed by atoms with Crippen LogP contribution in [0.2, 0.25) is 5.15 Å². The van der Waals surface area contributed by atoms with Gasteiger partial charge in [-0.25, -0.2) is 14.5 Å². The van der Waals surface area contributed by atoms with Gasteiger partial charge in [0.25, 0.3) is 0 Å². The Bertz CT molecular complexity index is 1180. The van der Waals surface area contributed by atoms with Gasteiger partial charge in [-0.3, -0.25) is 0 Å². The van der Waals surface area contributed by atoms with E-state index in [1.165, 1.54) is 0 Å². The summed E-state index contributed by atoms with van der Waals surface area (Å²) >= 11 is 6.12. The molecule has 0 aliphatic rings. The summed E-state index contributed by atoms with van der Waals surface area (Å²) in [5.74, 6) is 0.0143. The average molecular weight is 409 g/mol. The van der Waals surface area contributed by atoms with Crippen molar-refractivity contribution in [3.05, 3.63) is 77.0 Å². The van der Waals surface area contributed by atoms with Crippen LogP contribution in [-0.4, -0.2) is 30.4 Å². The molecule has 1 N–H and O–H groups in total. The maximum absolute atomic E-state index is 11.5. The predicted molar refractivity (Wildman–Crippen MR) is 113 cm³/mol. The van der Waals surface area contributed by atoms with Crippen LogP contribution in [0.15, 0.2) is 54.9 Å². The first-order chi connectivity index (χ1) is 14.0. The molecule has 0 aliphatic carbocycles. The minimum atomic E-state index is -0.975. The molecule has 7 heteroatoms. The van der Waals surface area contributed by atoms with Gasteiger partial charge < -0.3 is 9.67 Å². The van der Waals surface area contributed by atoms with E-state index in [9.17, 15) is 9.90 Å². The molecule has 0 aliphatic heterocycles. The van der Waals surface area contributed by atoms with E-state index in [4.69, 9.17) is 11.6 Å². The molecular weight excluding hydrogens is 388 g/mol. The molecule has 2 heterocycles. The number of hydrogen-bond donors (Lipinski definition) is 1. The van der Waals surface area contributed by atoms with E-state index in [0.29, 0.717) is 17.4 Å². The van der Waals surface area contributed by atoms with Crippen molar-refractivity contribution in [2.45, 2.75) is 32.7 Å². The van der Waals surface area contributed by atoms with E-state index < -0.39 is 5.97 Å². The van der Waals surface area contributed by atoms with Crippen molar-refractivity contribution in [2.75, 3.05) is 0 Å². The Kier molecular flexibility index (Phi) is 5.36. The largest absolute Gasteiger partial charge is 0.478 e. The molecule has 0 bridgehead atoms. The fourth-order valence-corrected chi connectivity index (χ4v) is 3.65. The highest BCUT2D eigenvalue weighted by molar-refractivity contribution is 6.29. The molecule has 4 rings (SSSR count). The summed E-state index contributed by atoms with van der Waals surface area (Å²) in [5, 5.41) is 15.4. The zero-order valence-corrected chi connectivity index (χ0v) is 16.8. The Morgan fingerprint density at radius 2 is 2.00 bits per heavy atom. The first-order valence-corrected chi connectivity index (χ1v) is 9.95. The summed E-state index contributed by atoms with van der Waals surface area (Å²) in [6.07, 6.45) is 6.80. The normalized spacial score (nSPS) is 11.2. The van der Waals surface area contributed by atoms with Gasteiger partial charge in [0.05, 0.1) is 16.8 Å². The van der Waals surface area contributed by atoms with E-state index in [1.807, 2.05) is 24.5 Å². The highest BCUT2D eigenvalue weighted by Crippen LogP contribution is 2.21. The lowest BCUT2D eigenvalue weighted by molar-refractivity contribution is 0.0696.